The summed E-state index contributed by atoms with van der Waals surface area (Å²) in [6, 6.07) is 0. The minimum absolute atomic E-state index is 0.227. The third kappa shape index (κ3) is 3.09. The maximum atomic E-state index is 10.7. The standard InChI is InChI=1S/C6H6N2O2.C2H6/c1-10-6(9)5-4-7-2-3-8-5;1-2/h2-4H,1H3;1-2H3. The molecular formula is C8H12N2O2. The fourth-order valence-electron chi connectivity index (χ4n) is 0.509. The van der Waals surface area contributed by atoms with Crippen LogP contribution in [0.15, 0.2) is 18.6 Å². The van der Waals surface area contributed by atoms with Crippen LogP contribution in [0.3, 0.4) is 0 Å². The van der Waals surface area contributed by atoms with E-state index in [-0.39, 0.29) is 5.69 Å². The second-order valence-electron chi connectivity index (χ2n) is 1.58. The van der Waals surface area contributed by atoms with Gasteiger partial charge in [-0.3, -0.25) is 4.98 Å². The molecular weight excluding hydrogens is 156 g/mol. The number of rotatable bonds is 1. The van der Waals surface area contributed by atoms with Crippen LogP contribution in [0.2, 0.25) is 0 Å². The minimum atomic E-state index is -0.465. The van der Waals surface area contributed by atoms with Crippen LogP contribution >= 0.6 is 0 Å². The number of esters is 1. The van der Waals surface area contributed by atoms with Gasteiger partial charge in [-0.25, -0.2) is 9.78 Å². The molecule has 0 saturated heterocycles. The van der Waals surface area contributed by atoms with Gasteiger partial charge < -0.3 is 4.74 Å². The second-order valence-corrected chi connectivity index (χ2v) is 1.58. The molecule has 1 rings (SSSR count). The molecule has 0 aromatic carbocycles. The zero-order valence-electron chi connectivity index (χ0n) is 7.44. The van der Waals surface area contributed by atoms with Crippen LogP contribution in [0, 0.1) is 0 Å². The van der Waals surface area contributed by atoms with Gasteiger partial charge in [-0.2, -0.15) is 0 Å². The molecule has 1 aromatic rings. The Kier molecular flexibility index (Phi) is 5.51. The number of carbonyl (C=O) groups is 1. The number of nitrogens with zero attached hydrogens (tertiary/aromatic N) is 2. The van der Waals surface area contributed by atoms with E-state index < -0.39 is 5.97 Å². The van der Waals surface area contributed by atoms with Crippen LogP contribution in [-0.4, -0.2) is 23.0 Å². The third-order valence-corrected chi connectivity index (χ3v) is 0.958. The van der Waals surface area contributed by atoms with E-state index in [0.29, 0.717) is 0 Å². The molecule has 1 heterocycles. The van der Waals surface area contributed by atoms with E-state index in [9.17, 15) is 4.79 Å². The number of aromatic nitrogens is 2. The van der Waals surface area contributed by atoms with Crippen LogP contribution in [0.5, 0.6) is 0 Å². The van der Waals surface area contributed by atoms with E-state index in [1.807, 2.05) is 13.8 Å². The van der Waals surface area contributed by atoms with Crippen LogP contribution in [-0.2, 0) is 4.74 Å². The molecule has 0 aliphatic carbocycles. The largest absolute Gasteiger partial charge is 0.464 e. The van der Waals surface area contributed by atoms with Crippen molar-refractivity contribution in [3.63, 3.8) is 0 Å². The molecule has 0 atom stereocenters. The van der Waals surface area contributed by atoms with Crippen molar-refractivity contribution in [3.05, 3.63) is 24.3 Å². The van der Waals surface area contributed by atoms with Gasteiger partial charge in [0.2, 0.25) is 0 Å². The molecule has 4 nitrogen and oxygen atoms in total. The van der Waals surface area contributed by atoms with E-state index in [1.54, 1.807) is 0 Å². The Morgan fingerprint density at radius 2 is 2.08 bits per heavy atom. The fourth-order valence-corrected chi connectivity index (χ4v) is 0.509. The van der Waals surface area contributed by atoms with Gasteiger partial charge in [-0.05, 0) is 0 Å². The molecule has 4 heteroatoms. The van der Waals surface area contributed by atoms with Crippen LogP contribution in [0.1, 0.15) is 24.3 Å². The van der Waals surface area contributed by atoms with Crippen molar-refractivity contribution < 1.29 is 9.53 Å². The van der Waals surface area contributed by atoms with Crippen molar-refractivity contribution in [2.75, 3.05) is 7.11 Å². The summed E-state index contributed by atoms with van der Waals surface area (Å²) in [5, 5.41) is 0. The Morgan fingerprint density at radius 1 is 1.42 bits per heavy atom. The lowest BCUT2D eigenvalue weighted by Gasteiger charge is -1.93. The highest BCUT2D eigenvalue weighted by atomic mass is 16.5. The Morgan fingerprint density at radius 3 is 2.50 bits per heavy atom. The monoisotopic (exact) mass is 168 g/mol. The molecule has 0 saturated carbocycles. The number of methoxy groups -OCH3 is 1. The van der Waals surface area contributed by atoms with Gasteiger partial charge >= 0.3 is 5.97 Å². The zero-order valence-corrected chi connectivity index (χ0v) is 7.44. The van der Waals surface area contributed by atoms with Crippen molar-refractivity contribution in [1.29, 1.82) is 0 Å². The normalized spacial score (nSPS) is 7.92. The predicted octanol–water partition coefficient (Wildman–Crippen LogP) is 1.29. The Labute approximate surface area is 71.6 Å². The molecule has 0 aliphatic heterocycles. The first kappa shape index (κ1) is 10.6. The Hall–Kier alpha value is -1.45. The summed E-state index contributed by atoms with van der Waals surface area (Å²) < 4.78 is 4.39. The maximum Gasteiger partial charge on any atom is 0.358 e. The van der Waals surface area contributed by atoms with E-state index in [0.717, 1.165) is 0 Å². The first-order valence-corrected chi connectivity index (χ1v) is 3.69. The number of carbonyl (C=O) groups excluding carboxylic acids is 1. The highest BCUT2D eigenvalue weighted by Crippen LogP contribution is 1.91. The summed E-state index contributed by atoms with van der Waals surface area (Å²) in [4.78, 5) is 18.1. The van der Waals surface area contributed by atoms with Crippen LogP contribution in [0.25, 0.3) is 0 Å². The summed E-state index contributed by atoms with van der Waals surface area (Å²) in [5.41, 5.74) is 0.227. The molecule has 0 radical (unpaired) electrons. The van der Waals surface area contributed by atoms with Crippen molar-refractivity contribution in [2.24, 2.45) is 0 Å². The summed E-state index contributed by atoms with van der Waals surface area (Å²) in [6.07, 6.45) is 4.28. The van der Waals surface area contributed by atoms with Gasteiger partial charge in [0.15, 0.2) is 5.69 Å². The Bertz CT molecular complexity index is 224. The average Bonchev–Trinajstić information content (AvgIpc) is 2.21. The van der Waals surface area contributed by atoms with Crippen molar-refractivity contribution in [1.82, 2.24) is 9.97 Å². The van der Waals surface area contributed by atoms with Crippen molar-refractivity contribution >= 4 is 5.97 Å². The first-order valence-electron chi connectivity index (χ1n) is 3.69. The maximum absolute atomic E-state index is 10.7. The summed E-state index contributed by atoms with van der Waals surface area (Å²) in [7, 11) is 1.30. The molecule has 0 unspecified atom stereocenters. The van der Waals surface area contributed by atoms with Gasteiger partial charge in [-0.15, -0.1) is 0 Å². The summed E-state index contributed by atoms with van der Waals surface area (Å²) in [5.74, 6) is -0.465. The minimum Gasteiger partial charge on any atom is -0.464 e. The lowest BCUT2D eigenvalue weighted by molar-refractivity contribution is 0.0593. The summed E-state index contributed by atoms with van der Waals surface area (Å²) in [6.45, 7) is 4.00. The molecule has 0 aliphatic rings. The first-order chi connectivity index (χ1) is 5.84. The molecule has 0 amide bonds. The third-order valence-electron chi connectivity index (χ3n) is 0.958. The predicted molar refractivity (Wildman–Crippen MR) is 44.7 cm³/mol. The van der Waals surface area contributed by atoms with Crippen molar-refractivity contribution in [3.8, 4) is 0 Å². The second kappa shape index (κ2) is 6.27. The average molecular weight is 168 g/mol. The lowest BCUT2D eigenvalue weighted by Crippen LogP contribution is -2.03. The van der Waals surface area contributed by atoms with Crippen LogP contribution < -0.4 is 0 Å². The smallest absolute Gasteiger partial charge is 0.358 e. The summed E-state index contributed by atoms with van der Waals surface area (Å²) >= 11 is 0. The molecule has 0 N–H and O–H groups in total. The molecule has 1 aromatic heterocycles. The van der Waals surface area contributed by atoms with Gasteiger partial charge in [0, 0.05) is 12.4 Å². The van der Waals surface area contributed by atoms with Gasteiger partial charge in [0.25, 0.3) is 0 Å². The van der Waals surface area contributed by atoms with E-state index >= 15 is 0 Å². The SMILES string of the molecule is CC.COC(=O)c1cnccn1. The van der Waals surface area contributed by atoms with Crippen LogP contribution in [0.4, 0.5) is 0 Å². The molecule has 0 fully saturated rings. The highest BCUT2D eigenvalue weighted by Gasteiger charge is 2.03. The number of hydrogen-bond acceptors (Lipinski definition) is 4. The number of ether oxygens (including phenoxy) is 1. The Balaban J connectivity index is 0.000000561. The van der Waals surface area contributed by atoms with Gasteiger partial charge in [-0.1, -0.05) is 13.8 Å². The fraction of sp³-hybridized carbons (Fsp3) is 0.375. The van der Waals surface area contributed by atoms with Crippen molar-refractivity contribution in [2.45, 2.75) is 13.8 Å². The quantitative estimate of drug-likeness (QED) is 0.593. The van der Waals surface area contributed by atoms with E-state index in [1.165, 1.54) is 25.7 Å². The molecule has 12 heavy (non-hydrogen) atoms. The van der Waals surface area contributed by atoms with Gasteiger partial charge in [0.1, 0.15) is 0 Å². The molecule has 0 spiro atoms. The highest BCUT2D eigenvalue weighted by molar-refractivity contribution is 5.86. The van der Waals surface area contributed by atoms with E-state index in [4.69, 9.17) is 0 Å². The van der Waals surface area contributed by atoms with Gasteiger partial charge in [0.05, 0.1) is 13.3 Å². The van der Waals surface area contributed by atoms with E-state index in [2.05, 4.69) is 14.7 Å². The molecule has 66 valence electrons. The molecule has 0 bridgehead atoms. The lowest BCUT2D eigenvalue weighted by atomic mass is 10.5. The number of hydrogen-bond donors (Lipinski definition) is 0. The zero-order chi connectivity index (χ0) is 9.40. The topological polar surface area (TPSA) is 52.1 Å².